The average Bonchev–Trinajstić information content (AvgIpc) is 2.87. The largest absolute Gasteiger partial charge is 0.342 e. The van der Waals surface area contributed by atoms with Crippen LogP contribution in [0.1, 0.15) is 44.2 Å². The number of piperidine rings is 1. The molecule has 2 aliphatic rings. The van der Waals surface area contributed by atoms with Crippen LogP contribution >= 0.6 is 0 Å². The minimum absolute atomic E-state index is 0.172. The van der Waals surface area contributed by atoms with Crippen LogP contribution in [-0.2, 0) is 11.3 Å². The lowest BCUT2D eigenvalue weighted by Gasteiger charge is -2.34. The van der Waals surface area contributed by atoms with E-state index in [0.717, 1.165) is 51.2 Å². The number of aromatic nitrogens is 2. The molecule has 1 atom stereocenters. The summed E-state index contributed by atoms with van der Waals surface area (Å²) in [6.07, 6.45) is 11.1. The Bertz CT molecular complexity index is 717. The first-order valence-corrected chi connectivity index (χ1v) is 9.73. The first kappa shape index (κ1) is 16.6. The summed E-state index contributed by atoms with van der Waals surface area (Å²) in [5, 5.41) is 0. The van der Waals surface area contributed by atoms with Gasteiger partial charge in [0.2, 0.25) is 5.91 Å². The number of amides is 1. The van der Waals surface area contributed by atoms with E-state index in [9.17, 15) is 4.79 Å². The van der Waals surface area contributed by atoms with E-state index in [0.29, 0.717) is 5.91 Å². The first-order valence-electron chi connectivity index (χ1n) is 9.73. The Labute approximate surface area is 149 Å². The van der Waals surface area contributed by atoms with Gasteiger partial charge in [-0.25, -0.2) is 4.98 Å². The minimum Gasteiger partial charge on any atom is -0.342 e. The van der Waals surface area contributed by atoms with Gasteiger partial charge in [0.15, 0.2) is 0 Å². The number of likely N-dealkylation sites (tertiary alicyclic amines) is 2. The summed E-state index contributed by atoms with van der Waals surface area (Å²) in [6, 6.07) is 6.09. The van der Waals surface area contributed by atoms with Crippen LogP contribution in [0.25, 0.3) is 5.65 Å². The smallest absolute Gasteiger partial charge is 0.226 e. The van der Waals surface area contributed by atoms with Crippen LogP contribution in [0.4, 0.5) is 0 Å². The van der Waals surface area contributed by atoms with E-state index >= 15 is 0 Å². The first-order chi connectivity index (χ1) is 12.3. The second-order valence-electron chi connectivity index (χ2n) is 7.49. The standard InChI is InChI=1S/C20H28N4O/c25-20(23-11-4-1-2-5-12-23)17-8-7-10-22(15-17)16-18-14-21-19-9-3-6-13-24(18)19/h3,6,9,13-14,17H,1-2,4-5,7-8,10-12,15-16H2. The SMILES string of the molecule is O=C(C1CCCN(Cc2cnc3ccccn23)C1)N1CCCCCC1. The number of pyridine rings is 1. The quantitative estimate of drug-likeness (QED) is 0.862. The Balaban J connectivity index is 1.41. The summed E-state index contributed by atoms with van der Waals surface area (Å²) in [4.78, 5) is 22.0. The molecule has 134 valence electrons. The lowest BCUT2D eigenvalue weighted by atomic mass is 9.96. The maximum absolute atomic E-state index is 12.9. The number of fused-ring (bicyclic) bond motifs is 1. The van der Waals surface area contributed by atoms with Crippen LogP contribution in [0.3, 0.4) is 0 Å². The Morgan fingerprint density at radius 1 is 1.08 bits per heavy atom. The summed E-state index contributed by atoms with van der Waals surface area (Å²) >= 11 is 0. The van der Waals surface area contributed by atoms with Crippen LogP contribution in [0.15, 0.2) is 30.6 Å². The molecule has 2 fully saturated rings. The zero-order chi connectivity index (χ0) is 17.1. The Morgan fingerprint density at radius 3 is 2.76 bits per heavy atom. The predicted octanol–water partition coefficient (Wildman–Crippen LogP) is 2.95. The van der Waals surface area contributed by atoms with Crippen molar-refractivity contribution >= 4 is 11.6 Å². The molecule has 1 amide bonds. The van der Waals surface area contributed by atoms with Crippen molar-refractivity contribution in [3.8, 4) is 0 Å². The van der Waals surface area contributed by atoms with Gasteiger partial charge < -0.3 is 9.30 Å². The van der Waals surface area contributed by atoms with E-state index in [1.807, 2.05) is 24.4 Å². The molecule has 0 saturated carbocycles. The number of hydrogen-bond donors (Lipinski definition) is 0. The molecule has 25 heavy (non-hydrogen) atoms. The molecule has 4 rings (SSSR count). The molecule has 2 aromatic rings. The van der Waals surface area contributed by atoms with E-state index in [-0.39, 0.29) is 5.92 Å². The summed E-state index contributed by atoms with van der Waals surface area (Å²) < 4.78 is 2.15. The van der Waals surface area contributed by atoms with Gasteiger partial charge in [-0.15, -0.1) is 0 Å². The topological polar surface area (TPSA) is 40.9 Å². The maximum Gasteiger partial charge on any atom is 0.226 e. The van der Waals surface area contributed by atoms with Gasteiger partial charge in [-0.1, -0.05) is 18.9 Å². The van der Waals surface area contributed by atoms with Gasteiger partial charge in [0.05, 0.1) is 17.8 Å². The molecule has 1 unspecified atom stereocenters. The van der Waals surface area contributed by atoms with Crippen LogP contribution in [0.2, 0.25) is 0 Å². The molecule has 0 aromatic carbocycles. The van der Waals surface area contributed by atoms with Crippen molar-refractivity contribution in [2.45, 2.75) is 45.1 Å². The molecule has 0 N–H and O–H groups in total. The molecule has 2 saturated heterocycles. The third kappa shape index (κ3) is 3.71. The molecule has 0 spiro atoms. The number of imidazole rings is 1. The molecular formula is C20H28N4O. The molecule has 5 nitrogen and oxygen atoms in total. The van der Waals surface area contributed by atoms with Crippen molar-refractivity contribution in [3.63, 3.8) is 0 Å². The van der Waals surface area contributed by atoms with Gasteiger partial charge in [-0.05, 0) is 44.4 Å². The van der Waals surface area contributed by atoms with Crippen molar-refractivity contribution in [3.05, 3.63) is 36.3 Å². The van der Waals surface area contributed by atoms with Gasteiger partial charge >= 0.3 is 0 Å². The van der Waals surface area contributed by atoms with E-state index < -0.39 is 0 Å². The van der Waals surface area contributed by atoms with Crippen LogP contribution in [0.5, 0.6) is 0 Å². The highest BCUT2D eigenvalue weighted by Crippen LogP contribution is 2.22. The van der Waals surface area contributed by atoms with Crippen molar-refractivity contribution < 1.29 is 4.79 Å². The summed E-state index contributed by atoms with van der Waals surface area (Å²) in [5.41, 5.74) is 2.20. The number of nitrogens with zero attached hydrogens (tertiary/aromatic N) is 4. The Morgan fingerprint density at radius 2 is 1.92 bits per heavy atom. The molecular weight excluding hydrogens is 312 g/mol. The third-order valence-electron chi connectivity index (χ3n) is 5.65. The number of carbonyl (C=O) groups excluding carboxylic acids is 1. The number of carbonyl (C=O) groups is 1. The summed E-state index contributed by atoms with van der Waals surface area (Å²) in [7, 11) is 0. The molecule has 4 heterocycles. The Hall–Kier alpha value is -1.88. The molecule has 0 radical (unpaired) electrons. The van der Waals surface area contributed by atoms with E-state index in [1.165, 1.54) is 31.4 Å². The Kier molecular flexibility index (Phi) is 5.02. The third-order valence-corrected chi connectivity index (χ3v) is 5.65. The minimum atomic E-state index is 0.172. The fourth-order valence-corrected chi connectivity index (χ4v) is 4.28. The zero-order valence-corrected chi connectivity index (χ0v) is 14.9. The van der Waals surface area contributed by atoms with Crippen LogP contribution < -0.4 is 0 Å². The van der Waals surface area contributed by atoms with Crippen LogP contribution in [-0.4, -0.2) is 51.3 Å². The normalized spacial score (nSPS) is 22.9. The number of rotatable bonds is 3. The highest BCUT2D eigenvalue weighted by Gasteiger charge is 2.29. The molecule has 0 aliphatic carbocycles. The summed E-state index contributed by atoms with van der Waals surface area (Å²) in [6.45, 7) is 4.75. The second-order valence-corrected chi connectivity index (χ2v) is 7.49. The highest BCUT2D eigenvalue weighted by atomic mass is 16.2. The number of hydrogen-bond acceptors (Lipinski definition) is 3. The van der Waals surface area contributed by atoms with Crippen LogP contribution in [0, 0.1) is 5.92 Å². The van der Waals surface area contributed by atoms with Gasteiger partial charge in [0.25, 0.3) is 0 Å². The predicted molar refractivity (Wildman–Crippen MR) is 98.2 cm³/mol. The van der Waals surface area contributed by atoms with E-state index in [1.54, 1.807) is 0 Å². The van der Waals surface area contributed by atoms with Gasteiger partial charge in [-0.3, -0.25) is 9.69 Å². The van der Waals surface area contributed by atoms with E-state index in [4.69, 9.17) is 0 Å². The monoisotopic (exact) mass is 340 g/mol. The lowest BCUT2D eigenvalue weighted by molar-refractivity contribution is -0.137. The zero-order valence-electron chi connectivity index (χ0n) is 14.9. The fraction of sp³-hybridized carbons (Fsp3) is 0.600. The van der Waals surface area contributed by atoms with Gasteiger partial charge in [0, 0.05) is 32.4 Å². The summed E-state index contributed by atoms with van der Waals surface area (Å²) in [5.74, 6) is 0.566. The highest BCUT2D eigenvalue weighted by molar-refractivity contribution is 5.79. The second kappa shape index (κ2) is 7.56. The van der Waals surface area contributed by atoms with Crippen molar-refractivity contribution in [1.82, 2.24) is 19.2 Å². The van der Waals surface area contributed by atoms with Crippen molar-refractivity contribution in [2.24, 2.45) is 5.92 Å². The average molecular weight is 340 g/mol. The van der Waals surface area contributed by atoms with E-state index in [2.05, 4.69) is 25.4 Å². The maximum atomic E-state index is 12.9. The van der Waals surface area contributed by atoms with Crippen molar-refractivity contribution in [2.75, 3.05) is 26.2 Å². The lowest BCUT2D eigenvalue weighted by Crippen LogP contribution is -2.45. The molecule has 2 aromatic heterocycles. The van der Waals surface area contributed by atoms with Gasteiger partial charge in [-0.2, -0.15) is 0 Å². The molecule has 5 heteroatoms. The fourth-order valence-electron chi connectivity index (χ4n) is 4.28. The van der Waals surface area contributed by atoms with Crippen molar-refractivity contribution in [1.29, 1.82) is 0 Å². The molecule has 0 bridgehead atoms. The van der Waals surface area contributed by atoms with Gasteiger partial charge in [0.1, 0.15) is 5.65 Å². The molecule has 2 aliphatic heterocycles.